The fourth-order valence-corrected chi connectivity index (χ4v) is 2.26. The van der Waals surface area contributed by atoms with Crippen LogP contribution >= 0.6 is 0 Å². The molecule has 0 aromatic heterocycles. The summed E-state index contributed by atoms with van der Waals surface area (Å²) in [4.78, 5) is 25.2. The third-order valence-electron chi connectivity index (χ3n) is 3.74. The molecule has 5 nitrogen and oxygen atoms in total. The second kappa shape index (κ2) is 7.11. The Morgan fingerprint density at radius 1 is 1.19 bits per heavy atom. The summed E-state index contributed by atoms with van der Waals surface area (Å²) in [5, 5.41) is 2.60. The minimum atomic E-state index is -0.277. The van der Waals surface area contributed by atoms with Gasteiger partial charge in [-0.25, -0.2) is 0 Å². The Morgan fingerprint density at radius 2 is 1.90 bits per heavy atom. The van der Waals surface area contributed by atoms with E-state index >= 15 is 0 Å². The number of nitrogens with zero attached hydrogens (tertiary/aromatic N) is 1. The van der Waals surface area contributed by atoms with Crippen LogP contribution in [0.25, 0.3) is 0 Å². The summed E-state index contributed by atoms with van der Waals surface area (Å²) in [6.45, 7) is 5.60. The molecule has 5 heteroatoms. The van der Waals surface area contributed by atoms with Crippen LogP contribution in [-0.2, 0) is 9.59 Å². The minimum absolute atomic E-state index is 0.0213. The molecule has 0 atom stereocenters. The summed E-state index contributed by atoms with van der Waals surface area (Å²) in [5.74, 6) is 0.368. The number of nitrogens with one attached hydrogen (secondary N) is 1. The molecule has 0 saturated carbocycles. The molecule has 1 heterocycles. The molecule has 2 rings (SSSR count). The second-order valence-electron chi connectivity index (χ2n) is 5.40. The van der Waals surface area contributed by atoms with Crippen LogP contribution in [0.5, 0.6) is 5.75 Å². The molecule has 1 N–H and O–H groups in total. The van der Waals surface area contributed by atoms with Gasteiger partial charge in [0.05, 0.1) is 6.54 Å². The lowest BCUT2D eigenvalue weighted by molar-refractivity contribution is -0.132. The molecule has 0 spiro atoms. The number of rotatable bonds is 5. The Kier molecular flexibility index (Phi) is 5.20. The summed E-state index contributed by atoms with van der Waals surface area (Å²) >= 11 is 0. The molecule has 1 aliphatic rings. The van der Waals surface area contributed by atoms with E-state index in [9.17, 15) is 9.59 Å². The zero-order valence-electron chi connectivity index (χ0n) is 12.6. The van der Waals surface area contributed by atoms with Gasteiger partial charge < -0.3 is 15.0 Å². The van der Waals surface area contributed by atoms with E-state index in [-0.39, 0.29) is 25.0 Å². The number of likely N-dealkylation sites (tertiary alicyclic amines) is 1. The van der Waals surface area contributed by atoms with E-state index in [4.69, 9.17) is 4.74 Å². The normalized spacial score (nSPS) is 14.1. The van der Waals surface area contributed by atoms with Crippen LogP contribution in [-0.4, -0.2) is 43.0 Å². The number of benzene rings is 1. The lowest BCUT2D eigenvalue weighted by Crippen LogP contribution is -2.40. The highest BCUT2D eigenvalue weighted by Gasteiger charge is 2.18. The molecule has 114 valence electrons. The second-order valence-corrected chi connectivity index (χ2v) is 5.40. The van der Waals surface area contributed by atoms with Gasteiger partial charge in [-0.15, -0.1) is 0 Å². The van der Waals surface area contributed by atoms with Crippen LogP contribution in [0, 0.1) is 13.8 Å². The molecular formula is C16H22N2O3. The smallest absolute Gasteiger partial charge is 0.258 e. The molecule has 0 bridgehead atoms. The zero-order valence-corrected chi connectivity index (χ0v) is 12.6. The lowest BCUT2D eigenvalue weighted by Gasteiger charge is -2.15. The highest BCUT2D eigenvalue weighted by molar-refractivity contribution is 5.85. The molecule has 1 saturated heterocycles. The van der Waals surface area contributed by atoms with Crippen molar-refractivity contribution in [2.75, 3.05) is 26.2 Å². The lowest BCUT2D eigenvalue weighted by atomic mass is 10.1. The van der Waals surface area contributed by atoms with Crippen molar-refractivity contribution in [1.82, 2.24) is 10.2 Å². The molecular weight excluding hydrogens is 268 g/mol. The fourth-order valence-electron chi connectivity index (χ4n) is 2.26. The van der Waals surface area contributed by atoms with E-state index in [1.165, 1.54) is 5.56 Å². The van der Waals surface area contributed by atoms with Crippen molar-refractivity contribution in [3.8, 4) is 5.75 Å². The predicted molar refractivity (Wildman–Crippen MR) is 80.2 cm³/mol. The highest BCUT2D eigenvalue weighted by atomic mass is 16.5. The van der Waals surface area contributed by atoms with Crippen LogP contribution in [0.15, 0.2) is 18.2 Å². The number of hydrogen-bond donors (Lipinski definition) is 1. The van der Waals surface area contributed by atoms with E-state index in [1.54, 1.807) is 4.90 Å². The van der Waals surface area contributed by atoms with Crippen LogP contribution in [0.3, 0.4) is 0 Å². The van der Waals surface area contributed by atoms with Gasteiger partial charge in [0.2, 0.25) is 5.91 Å². The van der Waals surface area contributed by atoms with Crippen molar-refractivity contribution >= 4 is 11.8 Å². The first-order chi connectivity index (χ1) is 10.1. The molecule has 2 amide bonds. The van der Waals surface area contributed by atoms with Crippen LogP contribution in [0.2, 0.25) is 0 Å². The summed E-state index contributed by atoms with van der Waals surface area (Å²) < 4.78 is 5.42. The molecule has 0 radical (unpaired) electrons. The SMILES string of the molecule is Cc1ccc(OCC(=O)NCC(=O)N2CCCC2)cc1C. The Bertz CT molecular complexity index is 522. The molecule has 1 aromatic carbocycles. The van der Waals surface area contributed by atoms with Gasteiger partial charge in [-0.05, 0) is 49.9 Å². The van der Waals surface area contributed by atoms with E-state index in [1.807, 2.05) is 32.0 Å². The third-order valence-corrected chi connectivity index (χ3v) is 3.74. The molecule has 1 aromatic rings. The van der Waals surface area contributed by atoms with E-state index in [0.717, 1.165) is 31.5 Å². The maximum Gasteiger partial charge on any atom is 0.258 e. The number of hydrogen-bond acceptors (Lipinski definition) is 3. The first-order valence-corrected chi connectivity index (χ1v) is 7.31. The number of aryl methyl sites for hydroxylation is 2. The standard InChI is InChI=1S/C16H22N2O3/c1-12-5-6-14(9-13(12)2)21-11-15(19)17-10-16(20)18-7-3-4-8-18/h5-6,9H,3-4,7-8,10-11H2,1-2H3,(H,17,19). The Morgan fingerprint density at radius 3 is 2.57 bits per heavy atom. The quantitative estimate of drug-likeness (QED) is 0.892. The van der Waals surface area contributed by atoms with E-state index in [0.29, 0.717) is 5.75 Å². The Labute approximate surface area is 125 Å². The first kappa shape index (κ1) is 15.4. The zero-order chi connectivity index (χ0) is 15.2. The van der Waals surface area contributed by atoms with Gasteiger partial charge in [-0.2, -0.15) is 0 Å². The molecule has 0 aliphatic carbocycles. The summed E-state index contributed by atoms with van der Waals surface area (Å²) in [5.41, 5.74) is 2.31. The Hall–Kier alpha value is -2.04. The van der Waals surface area contributed by atoms with Gasteiger partial charge in [-0.1, -0.05) is 6.07 Å². The number of ether oxygens (including phenoxy) is 1. The summed E-state index contributed by atoms with van der Waals surface area (Å²) in [6, 6.07) is 5.70. The molecule has 0 unspecified atom stereocenters. The van der Waals surface area contributed by atoms with Crippen molar-refractivity contribution in [2.24, 2.45) is 0 Å². The maximum absolute atomic E-state index is 11.8. The van der Waals surface area contributed by atoms with Gasteiger partial charge in [0.15, 0.2) is 6.61 Å². The van der Waals surface area contributed by atoms with Crippen LogP contribution in [0.4, 0.5) is 0 Å². The van der Waals surface area contributed by atoms with Crippen molar-refractivity contribution in [3.63, 3.8) is 0 Å². The Balaban J connectivity index is 1.71. The van der Waals surface area contributed by atoms with Gasteiger partial charge in [0.1, 0.15) is 5.75 Å². The average molecular weight is 290 g/mol. The molecule has 1 aliphatic heterocycles. The fraction of sp³-hybridized carbons (Fsp3) is 0.500. The van der Waals surface area contributed by atoms with Gasteiger partial charge in [0.25, 0.3) is 5.91 Å². The van der Waals surface area contributed by atoms with Crippen molar-refractivity contribution < 1.29 is 14.3 Å². The summed E-state index contributed by atoms with van der Waals surface area (Å²) in [7, 11) is 0. The molecule has 21 heavy (non-hydrogen) atoms. The number of carbonyl (C=O) groups is 2. The van der Waals surface area contributed by atoms with Crippen molar-refractivity contribution in [3.05, 3.63) is 29.3 Å². The van der Waals surface area contributed by atoms with Crippen LogP contribution in [0.1, 0.15) is 24.0 Å². The highest BCUT2D eigenvalue weighted by Crippen LogP contribution is 2.16. The van der Waals surface area contributed by atoms with E-state index in [2.05, 4.69) is 5.32 Å². The third kappa shape index (κ3) is 4.48. The monoisotopic (exact) mass is 290 g/mol. The van der Waals surface area contributed by atoms with Gasteiger partial charge >= 0.3 is 0 Å². The predicted octanol–water partition coefficient (Wildman–Crippen LogP) is 1.42. The van der Waals surface area contributed by atoms with Gasteiger partial charge in [0, 0.05) is 13.1 Å². The first-order valence-electron chi connectivity index (χ1n) is 7.31. The maximum atomic E-state index is 11.8. The van der Waals surface area contributed by atoms with Crippen LogP contribution < -0.4 is 10.1 Å². The topological polar surface area (TPSA) is 58.6 Å². The number of carbonyl (C=O) groups excluding carboxylic acids is 2. The van der Waals surface area contributed by atoms with E-state index < -0.39 is 0 Å². The average Bonchev–Trinajstić information content (AvgIpc) is 3.00. The molecule has 1 fully saturated rings. The van der Waals surface area contributed by atoms with Gasteiger partial charge in [-0.3, -0.25) is 9.59 Å². The van der Waals surface area contributed by atoms with Crippen molar-refractivity contribution in [2.45, 2.75) is 26.7 Å². The minimum Gasteiger partial charge on any atom is -0.484 e. The van der Waals surface area contributed by atoms with Crippen molar-refractivity contribution in [1.29, 1.82) is 0 Å². The largest absolute Gasteiger partial charge is 0.484 e. The summed E-state index contributed by atoms with van der Waals surface area (Å²) in [6.07, 6.45) is 2.10. The number of amides is 2.